The van der Waals surface area contributed by atoms with Crippen molar-refractivity contribution in [3.05, 3.63) is 66.4 Å². The van der Waals surface area contributed by atoms with Gasteiger partial charge in [0.15, 0.2) is 5.16 Å². The highest BCUT2D eigenvalue weighted by molar-refractivity contribution is 7.98. The maximum absolute atomic E-state index is 13.1. The summed E-state index contributed by atoms with van der Waals surface area (Å²) in [5, 5.41) is 11.8. The number of anilines is 2. The number of nitrogens with one attached hydrogen (secondary N) is 1. The van der Waals surface area contributed by atoms with E-state index < -0.39 is 0 Å². The molecule has 0 aliphatic heterocycles. The number of hydrogen-bond donors (Lipinski definition) is 1. The molecule has 0 saturated heterocycles. The highest BCUT2D eigenvalue weighted by Gasteiger charge is 2.20. The molecule has 2 aromatic carbocycles. The molecule has 2 heterocycles. The number of rotatable bonds is 4. The van der Waals surface area contributed by atoms with Gasteiger partial charge in [-0.15, -0.1) is 5.10 Å². The fourth-order valence-corrected chi connectivity index (χ4v) is 2.85. The van der Waals surface area contributed by atoms with Crippen LogP contribution in [0.5, 0.6) is 0 Å². The molecule has 7 nitrogen and oxygen atoms in total. The molecule has 0 aliphatic carbocycles. The summed E-state index contributed by atoms with van der Waals surface area (Å²) in [6.07, 6.45) is 3.40. The summed E-state index contributed by atoms with van der Waals surface area (Å²) >= 11 is 1.41. The lowest BCUT2D eigenvalue weighted by Gasteiger charge is -2.11. The zero-order chi connectivity index (χ0) is 17.9. The fourth-order valence-electron chi connectivity index (χ4n) is 2.51. The lowest BCUT2D eigenvalue weighted by atomic mass is 10.2. The molecule has 1 N–H and O–H groups in total. The van der Waals surface area contributed by atoms with Crippen molar-refractivity contribution < 1.29 is 4.79 Å². The Kier molecular flexibility index (Phi) is 4.32. The number of fused-ring (bicyclic) bond motifs is 1. The van der Waals surface area contributed by atoms with Crippen LogP contribution in [-0.2, 0) is 0 Å². The van der Waals surface area contributed by atoms with E-state index in [1.807, 2.05) is 54.8 Å². The topological polar surface area (TPSA) is 85.6 Å². The van der Waals surface area contributed by atoms with Crippen LogP contribution in [0.2, 0.25) is 0 Å². The predicted molar refractivity (Wildman–Crippen MR) is 101 cm³/mol. The minimum atomic E-state index is -0.343. The third-order valence-corrected chi connectivity index (χ3v) is 4.32. The third kappa shape index (κ3) is 3.02. The highest BCUT2D eigenvalue weighted by Crippen LogP contribution is 2.22. The van der Waals surface area contributed by atoms with Crippen LogP contribution in [-0.4, -0.2) is 37.1 Å². The molecule has 26 heavy (non-hydrogen) atoms. The van der Waals surface area contributed by atoms with Crippen molar-refractivity contribution in [3.63, 3.8) is 0 Å². The number of benzene rings is 2. The van der Waals surface area contributed by atoms with Crippen LogP contribution in [0, 0.1) is 0 Å². The van der Waals surface area contributed by atoms with E-state index in [-0.39, 0.29) is 5.91 Å². The van der Waals surface area contributed by atoms with Gasteiger partial charge in [-0.3, -0.25) is 4.79 Å². The Labute approximate surface area is 153 Å². The first-order valence-corrected chi connectivity index (χ1v) is 9.07. The fraction of sp³-hybridized carbons (Fsp3) is 0.0556. The summed E-state index contributed by atoms with van der Waals surface area (Å²) in [7, 11) is 0. The molecule has 0 unspecified atom stereocenters. The molecular weight excluding hydrogens is 348 g/mol. The van der Waals surface area contributed by atoms with Crippen molar-refractivity contribution in [1.82, 2.24) is 25.0 Å². The van der Waals surface area contributed by atoms with Crippen molar-refractivity contribution >= 4 is 40.2 Å². The predicted octanol–water partition coefficient (Wildman–Crippen LogP) is 3.38. The molecule has 2 aromatic heterocycles. The Hall–Kier alpha value is -3.26. The molecule has 0 amide bonds. The van der Waals surface area contributed by atoms with E-state index in [0.29, 0.717) is 27.6 Å². The van der Waals surface area contributed by atoms with Gasteiger partial charge >= 0.3 is 0 Å². The van der Waals surface area contributed by atoms with Crippen LogP contribution in [0.25, 0.3) is 11.0 Å². The normalized spacial score (nSPS) is 10.8. The molecule has 0 atom stereocenters. The Bertz CT molecular complexity index is 1080. The van der Waals surface area contributed by atoms with Crippen LogP contribution in [0.3, 0.4) is 0 Å². The van der Waals surface area contributed by atoms with Crippen LogP contribution in [0.15, 0.2) is 66.0 Å². The van der Waals surface area contributed by atoms with Crippen molar-refractivity contribution in [2.75, 3.05) is 11.6 Å². The van der Waals surface area contributed by atoms with E-state index >= 15 is 0 Å². The number of nitrogens with zero attached hydrogens (tertiary/aromatic N) is 5. The van der Waals surface area contributed by atoms with Crippen molar-refractivity contribution in [3.8, 4) is 0 Å². The Morgan fingerprint density at radius 1 is 1.08 bits per heavy atom. The second-order valence-corrected chi connectivity index (χ2v) is 6.18. The third-order valence-electron chi connectivity index (χ3n) is 3.76. The lowest BCUT2D eigenvalue weighted by molar-refractivity contribution is 0.0948. The molecule has 0 fully saturated rings. The lowest BCUT2D eigenvalue weighted by Crippen LogP contribution is -2.17. The molecule has 0 aliphatic rings. The smallest absolute Gasteiger partial charge is 0.285 e. The van der Waals surface area contributed by atoms with Gasteiger partial charge in [0, 0.05) is 11.9 Å². The largest absolute Gasteiger partial charge is 0.339 e. The van der Waals surface area contributed by atoms with Gasteiger partial charge in [0.2, 0.25) is 0 Å². The number of carbonyl (C=O) groups excluding carboxylic acids is 1. The summed E-state index contributed by atoms with van der Waals surface area (Å²) in [6, 6.07) is 16.8. The van der Waals surface area contributed by atoms with Gasteiger partial charge < -0.3 is 5.32 Å². The van der Waals surface area contributed by atoms with Crippen LogP contribution >= 0.6 is 11.8 Å². The first-order chi connectivity index (χ1) is 12.8. The maximum atomic E-state index is 13.1. The van der Waals surface area contributed by atoms with E-state index in [1.54, 1.807) is 6.07 Å². The SMILES string of the molecule is CSc1ncc(C(=O)n2nnc3ccccc32)c(Nc2ccccc2)n1. The summed E-state index contributed by atoms with van der Waals surface area (Å²) in [5.41, 5.74) is 2.44. The highest BCUT2D eigenvalue weighted by atomic mass is 32.2. The number of thioether (sulfide) groups is 1. The standard InChI is InChI=1S/C18H14N6OS/c1-26-18-19-11-13(16(21-18)20-12-7-3-2-4-8-12)17(25)24-15-10-6-5-9-14(15)22-23-24/h2-11H,1H3,(H,19,20,21). The molecule has 4 aromatic rings. The summed E-state index contributed by atoms with van der Waals surface area (Å²) in [6.45, 7) is 0. The summed E-state index contributed by atoms with van der Waals surface area (Å²) in [4.78, 5) is 21.8. The average Bonchev–Trinajstić information content (AvgIpc) is 3.12. The van der Waals surface area contributed by atoms with E-state index in [1.165, 1.54) is 22.6 Å². The Balaban J connectivity index is 1.79. The zero-order valence-corrected chi connectivity index (χ0v) is 14.6. The number of aromatic nitrogens is 5. The molecule has 0 bridgehead atoms. The van der Waals surface area contributed by atoms with E-state index in [4.69, 9.17) is 0 Å². The van der Waals surface area contributed by atoms with Gasteiger partial charge in [0.25, 0.3) is 5.91 Å². The van der Waals surface area contributed by atoms with Gasteiger partial charge in [-0.2, -0.15) is 4.68 Å². The van der Waals surface area contributed by atoms with Gasteiger partial charge in [0.1, 0.15) is 16.9 Å². The monoisotopic (exact) mass is 362 g/mol. The second kappa shape index (κ2) is 6.93. The second-order valence-electron chi connectivity index (χ2n) is 5.41. The van der Waals surface area contributed by atoms with E-state index in [0.717, 1.165) is 5.69 Å². The van der Waals surface area contributed by atoms with Gasteiger partial charge in [-0.1, -0.05) is 47.3 Å². The zero-order valence-electron chi connectivity index (χ0n) is 13.8. The number of hydrogen-bond acceptors (Lipinski definition) is 7. The first-order valence-electron chi connectivity index (χ1n) is 7.84. The van der Waals surface area contributed by atoms with E-state index in [9.17, 15) is 4.79 Å². The molecule has 0 spiro atoms. The molecule has 0 radical (unpaired) electrons. The van der Waals surface area contributed by atoms with Crippen LogP contribution < -0.4 is 5.32 Å². The van der Waals surface area contributed by atoms with E-state index in [2.05, 4.69) is 25.6 Å². The average molecular weight is 362 g/mol. The van der Waals surface area contributed by atoms with Crippen LogP contribution in [0.1, 0.15) is 10.4 Å². The summed E-state index contributed by atoms with van der Waals surface area (Å²) < 4.78 is 1.27. The van der Waals surface area contributed by atoms with Crippen molar-refractivity contribution in [1.29, 1.82) is 0 Å². The Morgan fingerprint density at radius 3 is 2.65 bits per heavy atom. The molecule has 0 saturated carbocycles. The number of para-hydroxylation sites is 2. The minimum Gasteiger partial charge on any atom is -0.339 e. The molecule has 8 heteroatoms. The van der Waals surface area contributed by atoms with Gasteiger partial charge in [-0.25, -0.2) is 9.97 Å². The van der Waals surface area contributed by atoms with Gasteiger partial charge in [-0.05, 0) is 30.5 Å². The maximum Gasteiger partial charge on any atom is 0.285 e. The molecular formula is C18H14N6OS. The number of carbonyl (C=O) groups is 1. The van der Waals surface area contributed by atoms with Crippen molar-refractivity contribution in [2.24, 2.45) is 0 Å². The van der Waals surface area contributed by atoms with Crippen molar-refractivity contribution in [2.45, 2.75) is 5.16 Å². The molecule has 128 valence electrons. The quantitative estimate of drug-likeness (QED) is 0.440. The minimum absolute atomic E-state index is 0.322. The summed E-state index contributed by atoms with van der Waals surface area (Å²) in [5.74, 6) is 0.0879. The van der Waals surface area contributed by atoms with Crippen LogP contribution in [0.4, 0.5) is 11.5 Å². The Morgan fingerprint density at radius 2 is 1.85 bits per heavy atom. The first kappa shape index (κ1) is 16.2. The van der Waals surface area contributed by atoms with Gasteiger partial charge in [0.05, 0.1) is 5.52 Å². The molecule has 4 rings (SSSR count).